The van der Waals surface area contributed by atoms with Gasteiger partial charge in [0.15, 0.2) is 0 Å². The smallest absolute Gasteiger partial charge is 0.245 e. The molecule has 0 aromatic carbocycles. The van der Waals surface area contributed by atoms with Crippen molar-refractivity contribution >= 4 is 11.6 Å². The molecule has 0 spiro atoms. The van der Waals surface area contributed by atoms with Crippen LogP contribution in [-0.2, 0) is 0 Å². The van der Waals surface area contributed by atoms with Crippen LogP contribution in [0.4, 0.5) is 0 Å². The van der Waals surface area contributed by atoms with E-state index in [1.165, 1.54) is 6.92 Å². The van der Waals surface area contributed by atoms with Gasteiger partial charge in [0.2, 0.25) is 11.2 Å². The zero-order chi connectivity index (χ0) is 7.72. The van der Waals surface area contributed by atoms with Crippen molar-refractivity contribution < 1.29 is 9.52 Å². The lowest BCUT2D eigenvalue weighted by Gasteiger charge is -1.94. The van der Waals surface area contributed by atoms with Gasteiger partial charge >= 0.3 is 0 Å². The van der Waals surface area contributed by atoms with E-state index in [9.17, 15) is 4.79 Å². The first-order chi connectivity index (χ1) is 4.63. The first-order valence-electron chi connectivity index (χ1n) is 2.60. The fraction of sp³-hybridized carbons (Fsp3) is 0.167. The second kappa shape index (κ2) is 2.34. The highest BCUT2D eigenvalue weighted by Gasteiger charge is 2.05. The molecule has 54 valence electrons. The van der Waals surface area contributed by atoms with Gasteiger partial charge in [0, 0.05) is 0 Å². The van der Waals surface area contributed by atoms with Gasteiger partial charge in [-0.15, -0.1) is 0 Å². The maximum Gasteiger partial charge on any atom is 0.245 e. The molecule has 0 saturated heterocycles. The zero-order valence-electron chi connectivity index (χ0n) is 5.22. The Kier molecular flexibility index (Phi) is 1.68. The molecule has 0 amide bonds. The lowest BCUT2D eigenvalue weighted by Crippen LogP contribution is -2.00. The van der Waals surface area contributed by atoms with Gasteiger partial charge < -0.3 is 9.52 Å². The highest BCUT2D eigenvalue weighted by Crippen LogP contribution is 2.12. The van der Waals surface area contributed by atoms with Crippen LogP contribution in [0.1, 0.15) is 5.76 Å². The van der Waals surface area contributed by atoms with E-state index < -0.39 is 11.2 Å². The van der Waals surface area contributed by atoms with E-state index in [-0.39, 0.29) is 10.8 Å². The Balaban J connectivity index is 3.50. The van der Waals surface area contributed by atoms with E-state index in [2.05, 4.69) is 4.42 Å². The SMILES string of the molecule is Cc1occ(Cl)c(=O)c1O. The normalized spacial score (nSPS) is 9.80. The third-order valence-corrected chi connectivity index (χ3v) is 1.37. The molecule has 4 heteroatoms. The first kappa shape index (κ1) is 7.15. The van der Waals surface area contributed by atoms with Gasteiger partial charge in [0.1, 0.15) is 17.0 Å². The number of aromatic hydroxyl groups is 1. The molecule has 10 heavy (non-hydrogen) atoms. The van der Waals surface area contributed by atoms with Gasteiger partial charge in [-0.2, -0.15) is 0 Å². The summed E-state index contributed by atoms with van der Waals surface area (Å²) in [6.07, 6.45) is 1.10. The summed E-state index contributed by atoms with van der Waals surface area (Å²) in [7, 11) is 0. The molecule has 1 aromatic rings. The predicted molar refractivity (Wildman–Crippen MR) is 36.4 cm³/mol. The van der Waals surface area contributed by atoms with Crippen molar-refractivity contribution in [3.05, 3.63) is 27.3 Å². The average Bonchev–Trinajstić information content (AvgIpc) is 1.93. The van der Waals surface area contributed by atoms with Crippen molar-refractivity contribution in [2.75, 3.05) is 0 Å². The minimum Gasteiger partial charge on any atom is -0.502 e. The van der Waals surface area contributed by atoms with Crippen LogP contribution in [0.3, 0.4) is 0 Å². The summed E-state index contributed by atoms with van der Waals surface area (Å²) in [5, 5.41) is 8.79. The molecule has 0 aliphatic heterocycles. The van der Waals surface area contributed by atoms with Crippen molar-refractivity contribution in [3.8, 4) is 5.75 Å². The van der Waals surface area contributed by atoms with E-state index in [4.69, 9.17) is 16.7 Å². The highest BCUT2D eigenvalue weighted by atomic mass is 35.5. The van der Waals surface area contributed by atoms with Gasteiger partial charge in [0.05, 0.1) is 0 Å². The summed E-state index contributed by atoms with van der Waals surface area (Å²) >= 11 is 5.32. The summed E-state index contributed by atoms with van der Waals surface area (Å²) in [6.45, 7) is 1.48. The standard InChI is InChI=1S/C6H5ClO3/c1-3-5(8)6(9)4(7)2-10-3/h2,8H,1H3. The van der Waals surface area contributed by atoms with Crippen molar-refractivity contribution in [3.63, 3.8) is 0 Å². The summed E-state index contributed by atoms with van der Waals surface area (Å²) in [5.74, 6) is -0.248. The molecule has 1 N–H and O–H groups in total. The Labute approximate surface area is 61.9 Å². The van der Waals surface area contributed by atoms with Crippen molar-refractivity contribution in [1.82, 2.24) is 0 Å². The summed E-state index contributed by atoms with van der Waals surface area (Å²) in [5.41, 5.74) is -0.592. The van der Waals surface area contributed by atoms with E-state index in [0.717, 1.165) is 6.26 Å². The van der Waals surface area contributed by atoms with Crippen LogP contribution in [0.25, 0.3) is 0 Å². The van der Waals surface area contributed by atoms with E-state index >= 15 is 0 Å². The lowest BCUT2D eigenvalue weighted by atomic mass is 10.4. The van der Waals surface area contributed by atoms with E-state index in [1.807, 2.05) is 0 Å². The third-order valence-electron chi connectivity index (χ3n) is 1.10. The van der Waals surface area contributed by atoms with Crippen LogP contribution >= 0.6 is 11.6 Å². The van der Waals surface area contributed by atoms with Gasteiger partial charge in [-0.05, 0) is 6.92 Å². The minimum absolute atomic E-state index is 0.108. The van der Waals surface area contributed by atoms with E-state index in [1.54, 1.807) is 0 Å². The summed E-state index contributed by atoms with van der Waals surface area (Å²) < 4.78 is 4.69. The quantitative estimate of drug-likeness (QED) is 0.623. The molecule has 1 rings (SSSR count). The zero-order valence-corrected chi connectivity index (χ0v) is 5.97. The maximum atomic E-state index is 10.7. The Bertz CT molecular complexity index is 302. The van der Waals surface area contributed by atoms with Crippen molar-refractivity contribution in [2.45, 2.75) is 6.92 Å². The molecule has 0 unspecified atom stereocenters. The Morgan fingerprint density at radius 1 is 1.70 bits per heavy atom. The van der Waals surface area contributed by atoms with Crippen molar-refractivity contribution in [2.24, 2.45) is 0 Å². The maximum absolute atomic E-state index is 10.7. The number of hydrogen-bond donors (Lipinski definition) is 1. The molecular weight excluding hydrogens is 156 g/mol. The number of rotatable bonds is 0. The molecule has 0 fully saturated rings. The van der Waals surface area contributed by atoms with Crippen LogP contribution in [0.15, 0.2) is 15.5 Å². The summed E-state index contributed by atoms with van der Waals surface area (Å²) in [6, 6.07) is 0. The van der Waals surface area contributed by atoms with Crippen LogP contribution in [0.5, 0.6) is 5.75 Å². The average molecular weight is 161 g/mol. The highest BCUT2D eigenvalue weighted by molar-refractivity contribution is 6.30. The molecule has 0 aliphatic carbocycles. The number of hydrogen-bond acceptors (Lipinski definition) is 3. The fourth-order valence-electron chi connectivity index (χ4n) is 0.522. The fourth-order valence-corrected chi connectivity index (χ4v) is 0.656. The number of halogens is 1. The molecule has 1 aromatic heterocycles. The van der Waals surface area contributed by atoms with Gasteiger partial charge in [-0.3, -0.25) is 4.79 Å². The van der Waals surface area contributed by atoms with Crippen LogP contribution in [-0.4, -0.2) is 5.11 Å². The first-order valence-corrected chi connectivity index (χ1v) is 2.97. The van der Waals surface area contributed by atoms with Crippen molar-refractivity contribution in [1.29, 1.82) is 0 Å². The summed E-state index contributed by atoms with van der Waals surface area (Å²) in [4.78, 5) is 10.7. The molecule has 0 bridgehead atoms. The molecule has 3 nitrogen and oxygen atoms in total. The van der Waals surface area contributed by atoms with Gasteiger partial charge in [0.25, 0.3) is 0 Å². The van der Waals surface area contributed by atoms with Gasteiger partial charge in [-0.25, -0.2) is 0 Å². The Morgan fingerprint density at radius 3 is 2.80 bits per heavy atom. The number of aryl methyl sites for hydroxylation is 1. The molecule has 0 atom stereocenters. The second-order valence-electron chi connectivity index (χ2n) is 1.82. The molecule has 0 saturated carbocycles. The predicted octanol–water partition coefficient (Wildman–Crippen LogP) is 1.31. The lowest BCUT2D eigenvalue weighted by molar-refractivity contribution is 0.412. The Morgan fingerprint density at radius 2 is 2.30 bits per heavy atom. The monoisotopic (exact) mass is 160 g/mol. The van der Waals surface area contributed by atoms with E-state index in [0.29, 0.717) is 0 Å². The minimum atomic E-state index is -0.592. The topological polar surface area (TPSA) is 50.4 Å². The third kappa shape index (κ3) is 0.998. The molecule has 0 aliphatic rings. The second-order valence-corrected chi connectivity index (χ2v) is 2.22. The van der Waals surface area contributed by atoms with Crippen LogP contribution in [0, 0.1) is 6.92 Å². The molecule has 0 radical (unpaired) electrons. The van der Waals surface area contributed by atoms with Crippen LogP contribution < -0.4 is 5.43 Å². The largest absolute Gasteiger partial charge is 0.502 e. The van der Waals surface area contributed by atoms with Gasteiger partial charge in [-0.1, -0.05) is 11.6 Å². The molecule has 1 heterocycles. The van der Waals surface area contributed by atoms with Crippen LogP contribution in [0.2, 0.25) is 5.02 Å². The molecular formula is C6H5ClO3. The Hall–Kier alpha value is -0.960.